The van der Waals surface area contributed by atoms with Crippen molar-refractivity contribution in [1.29, 1.82) is 0 Å². The van der Waals surface area contributed by atoms with Crippen LogP contribution >= 0.6 is 0 Å². The first kappa shape index (κ1) is 17.8. The van der Waals surface area contributed by atoms with Gasteiger partial charge in [-0.3, -0.25) is 4.79 Å². The van der Waals surface area contributed by atoms with Crippen molar-refractivity contribution in [3.05, 3.63) is 59.9 Å². The Kier molecular flexibility index (Phi) is 6.61. The second-order valence-electron chi connectivity index (χ2n) is 5.47. The summed E-state index contributed by atoms with van der Waals surface area (Å²) in [6.45, 7) is 0.930. The van der Waals surface area contributed by atoms with Crippen LogP contribution in [0.4, 0.5) is 4.39 Å². The van der Waals surface area contributed by atoms with Crippen LogP contribution in [0.2, 0.25) is 0 Å². The van der Waals surface area contributed by atoms with Crippen molar-refractivity contribution >= 4 is 5.91 Å². The summed E-state index contributed by atoms with van der Waals surface area (Å²) >= 11 is 0. The summed E-state index contributed by atoms with van der Waals surface area (Å²) in [6, 6.07) is 13.5. The first-order valence-electron chi connectivity index (χ1n) is 7.84. The molecular weight excluding hydrogens is 309 g/mol. The van der Waals surface area contributed by atoms with E-state index in [-0.39, 0.29) is 11.7 Å². The lowest BCUT2D eigenvalue weighted by Crippen LogP contribution is -2.31. The summed E-state index contributed by atoms with van der Waals surface area (Å²) < 4.78 is 23.5. The number of amides is 1. The van der Waals surface area contributed by atoms with Crippen LogP contribution in [0, 0.1) is 5.82 Å². The largest absolute Gasteiger partial charge is 0.497 e. The van der Waals surface area contributed by atoms with Gasteiger partial charge in [0.25, 0.3) is 0 Å². The molecule has 4 nitrogen and oxygen atoms in total. The van der Waals surface area contributed by atoms with Crippen LogP contribution in [0.25, 0.3) is 0 Å². The molecule has 1 amide bonds. The van der Waals surface area contributed by atoms with Crippen molar-refractivity contribution in [3.8, 4) is 11.5 Å². The Balaban J connectivity index is 1.69. The third-order valence-corrected chi connectivity index (χ3v) is 3.72. The van der Waals surface area contributed by atoms with Crippen LogP contribution in [0.1, 0.15) is 12.0 Å². The van der Waals surface area contributed by atoms with Crippen molar-refractivity contribution in [2.24, 2.45) is 0 Å². The number of nitrogens with zero attached hydrogens (tertiary/aromatic N) is 1. The summed E-state index contributed by atoms with van der Waals surface area (Å²) in [4.78, 5) is 13.7. The number of ether oxygens (including phenoxy) is 2. The monoisotopic (exact) mass is 331 g/mol. The molecule has 24 heavy (non-hydrogen) atoms. The summed E-state index contributed by atoms with van der Waals surface area (Å²) in [7, 11) is 3.37. The van der Waals surface area contributed by atoms with Crippen LogP contribution < -0.4 is 9.47 Å². The van der Waals surface area contributed by atoms with Gasteiger partial charge in [-0.05, 0) is 48.4 Å². The molecule has 0 aromatic heterocycles. The molecule has 0 bridgehead atoms. The highest BCUT2D eigenvalue weighted by atomic mass is 19.1. The highest BCUT2D eigenvalue weighted by Gasteiger charge is 2.09. The van der Waals surface area contributed by atoms with Gasteiger partial charge in [-0.25, -0.2) is 4.39 Å². The van der Waals surface area contributed by atoms with Gasteiger partial charge in [-0.1, -0.05) is 12.1 Å². The number of methoxy groups -OCH3 is 1. The summed E-state index contributed by atoms with van der Waals surface area (Å²) in [5.74, 6) is 1.29. The minimum absolute atomic E-state index is 0.0395. The van der Waals surface area contributed by atoms with Crippen molar-refractivity contribution in [3.63, 3.8) is 0 Å². The second-order valence-corrected chi connectivity index (χ2v) is 5.47. The van der Waals surface area contributed by atoms with E-state index in [4.69, 9.17) is 9.47 Å². The molecule has 128 valence electrons. The fourth-order valence-electron chi connectivity index (χ4n) is 2.19. The topological polar surface area (TPSA) is 38.8 Å². The van der Waals surface area contributed by atoms with Crippen LogP contribution in [0.5, 0.6) is 11.5 Å². The van der Waals surface area contributed by atoms with E-state index in [9.17, 15) is 9.18 Å². The van der Waals surface area contributed by atoms with E-state index in [1.807, 2.05) is 24.3 Å². The molecular formula is C19H22FNO3. The lowest BCUT2D eigenvalue weighted by molar-refractivity contribution is -0.130. The van der Waals surface area contributed by atoms with Gasteiger partial charge in [0.05, 0.1) is 13.7 Å². The van der Waals surface area contributed by atoms with Gasteiger partial charge in [-0.15, -0.1) is 0 Å². The zero-order chi connectivity index (χ0) is 17.4. The van der Waals surface area contributed by atoms with E-state index in [1.165, 1.54) is 12.1 Å². The first-order valence-corrected chi connectivity index (χ1v) is 7.84. The average Bonchev–Trinajstić information content (AvgIpc) is 2.61. The van der Waals surface area contributed by atoms with Gasteiger partial charge in [-0.2, -0.15) is 0 Å². The van der Waals surface area contributed by atoms with E-state index < -0.39 is 0 Å². The van der Waals surface area contributed by atoms with Gasteiger partial charge in [0, 0.05) is 13.5 Å². The molecule has 0 aliphatic heterocycles. The summed E-state index contributed by atoms with van der Waals surface area (Å²) in [6.07, 6.45) is 0.994. The zero-order valence-corrected chi connectivity index (χ0v) is 14.0. The number of hydrogen-bond donors (Lipinski definition) is 0. The summed E-state index contributed by atoms with van der Waals surface area (Å²) in [5.41, 5.74) is 0.952. The predicted molar refractivity (Wildman–Crippen MR) is 90.8 cm³/mol. The van der Waals surface area contributed by atoms with Gasteiger partial charge < -0.3 is 14.4 Å². The van der Waals surface area contributed by atoms with Crippen LogP contribution in [0.3, 0.4) is 0 Å². The fraction of sp³-hybridized carbons (Fsp3) is 0.316. The number of hydrogen-bond acceptors (Lipinski definition) is 3. The SMILES string of the molecule is COc1ccc(OCCN(C)C(=O)CCc2ccc(F)cc2)cc1. The molecule has 2 aromatic rings. The van der Waals surface area contributed by atoms with Gasteiger partial charge in [0.15, 0.2) is 0 Å². The maximum atomic E-state index is 12.8. The number of benzene rings is 2. The molecule has 0 aliphatic carbocycles. The Labute approximate surface area is 141 Å². The highest BCUT2D eigenvalue weighted by molar-refractivity contribution is 5.76. The maximum Gasteiger partial charge on any atom is 0.222 e. The van der Waals surface area contributed by atoms with Gasteiger partial charge in [0.2, 0.25) is 5.91 Å². The van der Waals surface area contributed by atoms with E-state index in [0.717, 1.165) is 17.1 Å². The third kappa shape index (κ3) is 5.57. The summed E-state index contributed by atoms with van der Waals surface area (Å²) in [5, 5.41) is 0. The van der Waals surface area contributed by atoms with Crippen molar-refractivity contribution in [1.82, 2.24) is 4.90 Å². The smallest absolute Gasteiger partial charge is 0.222 e. The molecule has 0 fully saturated rings. The molecule has 2 aromatic carbocycles. The van der Waals surface area contributed by atoms with Crippen LogP contribution in [-0.4, -0.2) is 38.1 Å². The quantitative estimate of drug-likeness (QED) is 0.745. The second kappa shape index (κ2) is 8.91. The van der Waals surface area contributed by atoms with Gasteiger partial charge in [0.1, 0.15) is 23.9 Å². The highest BCUT2D eigenvalue weighted by Crippen LogP contribution is 2.16. The fourth-order valence-corrected chi connectivity index (χ4v) is 2.19. The molecule has 0 aliphatic rings. The Morgan fingerprint density at radius 3 is 2.29 bits per heavy atom. The average molecular weight is 331 g/mol. The number of carbonyl (C=O) groups is 1. The molecule has 0 heterocycles. The Hall–Kier alpha value is -2.56. The number of carbonyl (C=O) groups excluding carboxylic acids is 1. The number of rotatable bonds is 8. The van der Waals surface area contributed by atoms with E-state index in [0.29, 0.717) is 26.0 Å². The van der Waals surface area contributed by atoms with Crippen molar-refractivity contribution in [2.45, 2.75) is 12.8 Å². The Morgan fingerprint density at radius 1 is 1.04 bits per heavy atom. The predicted octanol–water partition coefficient (Wildman–Crippen LogP) is 3.30. The van der Waals surface area contributed by atoms with Crippen molar-refractivity contribution in [2.75, 3.05) is 27.3 Å². The van der Waals surface area contributed by atoms with E-state index in [2.05, 4.69) is 0 Å². The molecule has 2 rings (SSSR count). The van der Waals surface area contributed by atoms with Crippen molar-refractivity contribution < 1.29 is 18.7 Å². The Morgan fingerprint density at radius 2 is 1.67 bits per heavy atom. The lowest BCUT2D eigenvalue weighted by Gasteiger charge is -2.17. The maximum absolute atomic E-state index is 12.8. The molecule has 5 heteroatoms. The first-order chi connectivity index (χ1) is 11.6. The molecule has 0 atom stereocenters. The van der Waals surface area contributed by atoms with Crippen LogP contribution in [0.15, 0.2) is 48.5 Å². The minimum Gasteiger partial charge on any atom is -0.497 e. The number of likely N-dealkylation sites (N-methyl/N-ethyl adjacent to an activating group) is 1. The molecule has 0 saturated heterocycles. The van der Waals surface area contributed by atoms with Gasteiger partial charge >= 0.3 is 0 Å². The molecule has 0 spiro atoms. The number of halogens is 1. The molecule has 0 N–H and O–H groups in total. The standard InChI is InChI=1S/C19H22FNO3/c1-21(13-14-24-18-10-8-17(23-2)9-11-18)19(22)12-5-15-3-6-16(20)7-4-15/h3-4,6-11H,5,12-14H2,1-2H3. The molecule has 0 radical (unpaired) electrons. The van der Waals surface area contributed by atoms with Crippen LogP contribution in [-0.2, 0) is 11.2 Å². The lowest BCUT2D eigenvalue weighted by atomic mass is 10.1. The zero-order valence-electron chi connectivity index (χ0n) is 14.0. The normalized spacial score (nSPS) is 10.3. The molecule has 0 unspecified atom stereocenters. The van der Waals surface area contributed by atoms with E-state index in [1.54, 1.807) is 31.2 Å². The Bertz CT molecular complexity index is 641. The molecule has 0 saturated carbocycles. The third-order valence-electron chi connectivity index (χ3n) is 3.72. The minimum atomic E-state index is -0.266. The van der Waals surface area contributed by atoms with E-state index >= 15 is 0 Å². The number of aryl methyl sites for hydroxylation is 1.